The minimum atomic E-state index is -0.450. The van der Waals surface area contributed by atoms with Gasteiger partial charge in [0.2, 0.25) is 0 Å². The van der Waals surface area contributed by atoms with Crippen molar-refractivity contribution >= 4 is 17.3 Å². The topological polar surface area (TPSA) is 82.5 Å². The van der Waals surface area contributed by atoms with Gasteiger partial charge < -0.3 is 10.5 Å². The summed E-state index contributed by atoms with van der Waals surface area (Å²) in [7, 11) is 1.31. The van der Waals surface area contributed by atoms with Gasteiger partial charge in [-0.1, -0.05) is 0 Å². The van der Waals surface area contributed by atoms with Crippen LogP contribution in [0.1, 0.15) is 10.4 Å². The highest BCUT2D eigenvalue weighted by Crippen LogP contribution is 2.16. The van der Waals surface area contributed by atoms with Crippen LogP contribution in [0, 0.1) is 0 Å². The van der Waals surface area contributed by atoms with E-state index in [1.165, 1.54) is 18.0 Å². The summed E-state index contributed by atoms with van der Waals surface area (Å²) in [6.07, 6.45) is 2.95. The van der Waals surface area contributed by atoms with E-state index in [0.717, 1.165) is 0 Å². The molecule has 0 saturated heterocycles. The van der Waals surface area contributed by atoms with Gasteiger partial charge in [0.15, 0.2) is 5.82 Å². The van der Waals surface area contributed by atoms with Gasteiger partial charge in [-0.3, -0.25) is 0 Å². The number of methoxy groups -OCH3 is 1. The number of ether oxygens (including phenoxy) is 1. The Kier molecular flexibility index (Phi) is 1.81. The third kappa shape index (κ3) is 1.08. The van der Waals surface area contributed by atoms with Crippen molar-refractivity contribution in [3.05, 3.63) is 24.2 Å². The van der Waals surface area contributed by atoms with Crippen molar-refractivity contribution in [2.45, 2.75) is 0 Å². The van der Waals surface area contributed by atoms with E-state index in [1.54, 1.807) is 12.3 Å². The number of esters is 1. The lowest BCUT2D eigenvalue weighted by Gasteiger charge is -1.99. The Morgan fingerprint density at radius 2 is 2.43 bits per heavy atom. The van der Waals surface area contributed by atoms with Crippen LogP contribution in [0.25, 0.3) is 5.52 Å². The molecule has 0 unspecified atom stereocenters. The quantitative estimate of drug-likeness (QED) is 0.648. The fraction of sp³-hybridized carbons (Fsp3) is 0.125. The molecule has 0 aliphatic carbocycles. The van der Waals surface area contributed by atoms with E-state index >= 15 is 0 Å². The molecule has 0 aromatic carbocycles. The van der Waals surface area contributed by atoms with E-state index in [0.29, 0.717) is 11.1 Å². The van der Waals surface area contributed by atoms with Crippen molar-refractivity contribution < 1.29 is 9.53 Å². The zero-order valence-corrected chi connectivity index (χ0v) is 7.47. The largest absolute Gasteiger partial charge is 0.465 e. The SMILES string of the molecule is COC(=O)c1ccn2ncnc(N)c12. The van der Waals surface area contributed by atoms with E-state index in [4.69, 9.17) is 5.73 Å². The van der Waals surface area contributed by atoms with Gasteiger partial charge >= 0.3 is 5.97 Å². The van der Waals surface area contributed by atoms with Gasteiger partial charge in [0.1, 0.15) is 11.8 Å². The van der Waals surface area contributed by atoms with Gasteiger partial charge in [0.25, 0.3) is 0 Å². The van der Waals surface area contributed by atoms with Crippen LogP contribution in [0.2, 0.25) is 0 Å². The third-order valence-corrected chi connectivity index (χ3v) is 1.89. The van der Waals surface area contributed by atoms with Crippen LogP contribution in [0.15, 0.2) is 18.6 Å². The molecule has 14 heavy (non-hydrogen) atoms. The number of aromatic nitrogens is 3. The molecule has 0 saturated carbocycles. The molecule has 2 aromatic rings. The summed E-state index contributed by atoms with van der Waals surface area (Å²) in [6, 6.07) is 1.59. The Labute approximate surface area is 79.3 Å². The smallest absolute Gasteiger partial charge is 0.340 e. The van der Waals surface area contributed by atoms with Gasteiger partial charge in [-0.2, -0.15) is 5.10 Å². The van der Waals surface area contributed by atoms with Gasteiger partial charge in [-0.25, -0.2) is 14.3 Å². The second-order valence-electron chi connectivity index (χ2n) is 2.66. The molecule has 72 valence electrons. The van der Waals surface area contributed by atoms with Crippen LogP contribution < -0.4 is 5.73 Å². The molecule has 2 rings (SSSR count). The number of rotatable bonds is 1. The van der Waals surface area contributed by atoms with Crippen molar-refractivity contribution in [3.8, 4) is 0 Å². The molecule has 0 atom stereocenters. The summed E-state index contributed by atoms with van der Waals surface area (Å²) in [5.74, 6) is -0.195. The van der Waals surface area contributed by atoms with Crippen LogP contribution >= 0.6 is 0 Å². The highest BCUT2D eigenvalue weighted by molar-refractivity contribution is 5.99. The molecule has 0 spiro atoms. The van der Waals surface area contributed by atoms with Crippen molar-refractivity contribution in [1.29, 1.82) is 0 Å². The number of nitrogen functional groups attached to an aromatic ring is 1. The minimum absolute atomic E-state index is 0.255. The average molecular weight is 192 g/mol. The highest BCUT2D eigenvalue weighted by atomic mass is 16.5. The van der Waals surface area contributed by atoms with Crippen LogP contribution in [0.5, 0.6) is 0 Å². The van der Waals surface area contributed by atoms with Crippen molar-refractivity contribution in [2.24, 2.45) is 0 Å². The number of hydrogen-bond donors (Lipinski definition) is 1. The predicted molar refractivity (Wildman–Crippen MR) is 48.7 cm³/mol. The van der Waals surface area contributed by atoms with Gasteiger partial charge in [-0.05, 0) is 6.07 Å². The standard InChI is InChI=1S/C8H8N4O2/c1-14-8(13)5-2-3-12-6(5)7(9)10-4-11-12/h2-4H,1H3,(H2,9,10,11). The Morgan fingerprint density at radius 3 is 3.14 bits per heavy atom. The highest BCUT2D eigenvalue weighted by Gasteiger charge is 2.14. The molecular weight excluding hydrogens is 184 g/mol. The molecule has 0 bridgehead atoms. The maximum absolute atomic E-state index is 11.3. The van der Waals surface area contributed by atoms with E-state index in [9.17, 15) is 4.79 Å². The summed E-state index contributed by atoms with van der Waals surface area (Å²) in [5, 5.41) is 3.90. The second-order valence-corrected chi connectivity index (χ2v) is 2.66. The lowest BCUT2D eigenvalue weighted by atomic mass is 10.3. The van der Waals surface area contributed by atoms with Crippen LogP contribution in [0.3, 0.4) is 0 Å². The molecule has 2 aromatic heterocycles. The van der Waals surface area contributed by atoms with Crippen molar-refractivity contribution in [1.82, 2.24) is 14.6 Å². The molecule has 6 nitrogen and oxygen atoms in total. The first-order valence-electron chi connectivity index (χ1n) is 3.90. The number of carbonyl (C=O) groups excluding carboxylic acids is 1. The molecule has 2 heterocycles. The first-order chi connectivity index (χ1) is 6.74. The maximum atomic E-state index is 11.3. The molecule has 6 heteroatoms. The zero-order valence-electron chi connectivity index (χ0n) is 7.47. The number of carbonyl (C=O) groups is 1. The summed E-state index contributed by atoms with van der Waals surface area (Å²) < 4.78 is 6.08. The Bertz CT molecular complexity index is 491. The number of anilines is 1. The summed E-state index contributed by atoms with van der Waals surface area (Å²) in [5.41, 5.74) is 6.45. The molecule has 0 fully saturated rings. The van der Waals surface area contributed by atoms with Gasteiger partial charge in [0.05, 0.1) is 12.7 Å². The Morgan fingerprint density at radius 1 is 1.64 bits per heavy atom. The van der Waals surface area contributed by atoms with Crippen molar-refractivity contribution in [3.63, 3.8) is 0 Å². The molecule has 0 aliphatic rings. The predicted octanol–water partition coefficient (Wildman–Crippen LogP) is 0.0981. The Balaban J connectivity index is 2.73. The lowest BCUT2D eigenvalue weighted by Crippen LogP contribution is -2.04. The van der Waals surface area contributed by atoms with Gasteiger partial charge in [0, 0.05) is 6.20 Å². The molecule has 0 radical (unpaired) electrons. The van der Waals surface area contributed by atoms with E-state index in [1.807, 2.05) is 0 Å². The number of nitrogens with zero attached hydrogens (tertiary/aromatic N) is 3. The minimum Gasteiger partial charge on any atom is -0.465 e. The first kappa shape index (κ1) is 8.49. The molecular formula is C8H8N4O2. The number of fused-ring (bicyclic) bond motifs is 1. The molecule has 0 aliphatic heterocycles. The van der Waals surface area contributed by atoms with Crippen LogP contribution in [-0.4, -0.2) is 27.7 Å². The second kappa shape index (κ2) is 2.99. The first-order valence-corrected chi connectivity index (χ1v) is 3.90. The Hall–Kier alpha value is -2.11. The lowest BCUT2D eigenvalue weighted by molar-refractivity contribution is 0.0603. The fourth-order valence-corrected chi connectivity index (χ4v) is 1.25. The van der Waals surface area contributed by atoms with Crippen LogP contribution in [-0.2, 0) is 4.74 Å². The number of nitrogens with two attached hydrogens (primary N) is 1. The summed E-state index contributed by atoms with van der Waals surface area (Å²) >= 11 is 0. The third-order valence-electron chi connectivity index (χ3n) is 1.89. The number of hydrogen-bond acceptors (Lipinski definition) is 5. The van der Waals surface area contributed by atoms with E-state index in [-0.39, 0.29) is 5.82 Å². The zero-order chi connectivity index (χ0) is 10.1. The summed E-state index contributed by atoms with van der Waals surface area (Å²) in [4.78, 5) is 15.1. The normalized spacial score (nSPS) is 10.4. The monoisotopic (exact) mass is 192 g/mol. The van der Waals surface area contributed by atoms with Gasteiger partial charge in [-0.15, -0.1) is 0 Å². The molecule has 2 N–H and O–H groups in total. The van der Waals surface area contributed by atoms with Crippen molar-refractivity contribution in [2.75, 3.05) is 12.8 Å². The van der Waals surface area contributed by atoms with Crippen LogP contribution in [0.4, 0.5) is 5.82 Å². The van der Waals surface area contributed by atoms with E-state index < -0.39 is 5.97 Å². The van der Waals surface area contributed by atoms with E-state index in [2.05, 4.69) is 14.8 Å². The average Bonchev–Trinajstić information content (AvgIpc) is 2.62. The molecule has 0 amide bonds. The fourth-order valence-electron chi connectivity index (χ4n) is 1.25. The summed E-state index contributed by atoms with van der Waals surface area (Å²) in [6.45, 7) is 0. The maximum Gasteiger partial charge on any atom is 0.340 e.